The molecule has 2 rings (SSSR count). The van der Waals surface area contributed by atoms with E-state index < -0.39 is 0 Å². The fourth-order valence-electron chi connectivity index (χ4n) is 2.21. The molecule has 2 unspecified atom stereocenters. The van der Waals surface area contributed by atoms with Gasteiger partial charge < -0.3 is 20.1 Å². The predicted molar refractivity (Wildman–Crippen MR) is 81.5 cm³/mol. The highest BCUT2D eigenvalue weighted by molar-refractivity contribution is 5.82. The van der Waals surface area contributed by atoms with Gasteiger partial charge in [0.2, 0.25) is 5.91 Å². The van der Waals surface area contributed by atoms with Crippen LogP contribution in [0.1, 0.15) is 18.9 Å². The molecule has 0 spiro atoms. The lowest BCUT2D eigenvalue weighted by atomic mass is 10.2. The molecule has 2 N–H and O–H groups in total. The van der Waals surface area contributed by atoms with Crippen molar-refractivity contribution in [3.8, 4) is 5.75 Å². The maximum atomic E-state index is 12.0. The Hall–Kier alpha value is -1.59. The van der Waals surface area contributed by atoms with Crippen LogP contribution in [-0.4, -0.2) is 44.4 Å². The predicted octanol–water partition coefficient (Wildman–Crippen LogP) is 1.26. The lowest BCUT2D eigenvalue weighted by Crippen LogP contribution is -2.52. The van der Waals surface area contributed by atoms with E-state index in [0.717, 1.165) is 24.3 Å². The lowest BCUT2D eigenvalue weighted by molar-refractivity contribution is -0.126. The quantitative estimate of drug-likeness (QED) is 0.828. The van der Waals surface area contributed by atoms with Crippen molar-refractivity contribution in [1.29, 1.82) is 0 Å². The minimum Gasteiger partial charge on any atom is -0.488 e. The van der Waals surface area contributed by atoms with Crippen molar-refractivity contribution >= 4 is 5.91 Å². The molecule has 1 aliphatic heterocycles. The fraction of sp³-hybridized carbons (Fsp3) is 0.562. The van der Waals surface area contributed by atoms with Crippen LogP contribution in [0.15, 0.2) is 24.3 Å². The number of para-hydroxylation sites is 1. The number of carbonyl (C=O) groups excluding carboxylic acids is 1. The molecule has 0 aromatic heterocycles. The van der Waals surface area contributed by atoms with E-state index >= 15 is 0 Å². The Kier molecular flexibility index (Phi) is 6.02. The molecule has 5 nitrogen and oxygen atoms in total. The standard InChI is InChI=1S/C16H24N2O3/c1-3-13(21-15-7-5-4-6-12(15)2)10-18-16(19)14-11-20-9-8-17-14/h4-7,13-14,17H,3,8-11H2,1-2H3,(H,18,19). The summed E-state index contributed by atoms with van der Waals surface area (Å²) in [5, 5.41) is 6.08. The van der Waals surface area contributed by atoms with Gasteiger partial charge in [-0.1, -0.05) is 25.1 Å². The van der Waals surface area contributed by atoms with Gasteiger partial charge in [0.15, 0.2) is 0 Å². The van der Waals surface area contributed by atoms with Crippen LogP contribution < -0.4 is 15.4 Å². The van der Waals surface area contributed by atoms with E-state index in [1.165, 1.54) is 0 Å². The average molecular weight is 292 g/mol. The van der Waals surface area contributed by atoms with Crippen molar-refractivity contribution in [3.05, 3.63) is 29.8 Å². The third-order valence-electron chi connectivity index (χ3n) is 3.58. The second-order valence-electron chi connectivity index (χ2n) is 5.24. The molecule has 1 aromatic carbocycles. The molecule has 1 aromatic rings. The summed E-state index contributed by atoms with van der Waals surface area (Å²) < 4.78 is 11.3. The maximum absolute atomic E-state index is 12.0. The van der Waals surface area contributed by atoms with Crippen molar-refractivity contribution in [2.24, 2.45) is 0 Å². The van der Waals surface area contributed by atoms with E-state index in [-0.39, 0.29) is 18.1 Å². The minimum absolute atomic E-state index is 0.0264. The second kappa shape index (κ2) is 8.00. The van der Waals surface area contributed by atoms with Gasteiger partial charge in [0.05, 0.1) is 19.8 Å². The molecule has 0 bridgehead atoms. The smallest absolute Gasteiger partial charge is 0.239 e. The first-order chi connectivity index (χ1) is 10.2. The number of amides is 1. The van der Waals surface area contributed by atoms with Gasteiger partial charge in [-0.15, -0.1) is 0 Å². The number of ether oxygens (including phenoxy) is 2. The Labute approximate surface area is 126 Å². The van der Waals surface area contributed by atoms with E-state index in [1.807, 2.05) is 31.2 Å². The minimum atomic E-state index is -0.255. The summed E-state index contributed by atoms with van der Waals surface area (Å²) in [7, 11) is 0. The zero-order valence-electron chi connectivity index (χ0n) is 12.7. The van der Waals surface area contributed by atoms with Crippen LogP contribution in [0.25, 0.3) is 0 Å². The number of morpholine rings is 1. The van der Waals surface area contributed by atoms with Gasteiger partial charge in [-0.05, 0) is 25.0 Å². The Morgan fingerprint density at radius 1 is 1.52 bits per heavy atom. The first-order valence-electron chi connectivity index (χ1n) is 7.51. The third-order valence-corrected chi connectivity index (χ3v) is 3.58. The first-order valence-corrected chi connectivity index (χ1v) is 7.51. The van der Waals surface area contributed by atoms with Crippen LogP contribution in [0.4, 0.5) is 0 Å². The summed E-state index contributed by atoms with van der Waals surface area (Å²) in [6, 6.07) is 7.66. The van der Waals surface area contributed by atoms with Gasteiger partial charge in [0.1, 0.15) is 17.9 Å². The fourth-order valence-corrected chi connectivity index (χ4v) is 2.21. The van der Waals surface area contributed by atoms with E-state index in [0.29, 0.717) is 19.8 Å². The van der Waals surface area contributed by atoms with Gasteiger partial charge in [0, 0.05) is 6.54 Å². The molecule has 0 aliphatic carbocycles. The molecular formula is C16H24N2O3. The molecule has 1 amide bonds. The van der Waals surface area contributed by atoms with Crippen molar-refractivity contribution in [1.82, 2.24) is 10.6 Å². The molecule has 21 heavy (non-hydrogen) atoms. The summed E-state index contributed by atoms with van der Waals surface area (Å²) in [5.74, 6) is 0.847. The molecule has 0 radical (unpaired) electrons. The average Bonchev–Trinajstić information content (AvgIpc) is 2.53. The highest BCUT2D eigenvalue weighted by atomic mass is 16.5. The number of aryl methyl sites for hydroxylation is 1. The van der Waals surface area contributed by atoms with E-state index in [4.69, 9.17) is 9.47 Å². The molecule has 1 fully saturated rings. The summed E-state index contributed by atoms with van der Waals surface area (Å²) in [6.07, 6.45) is 0.808. The highest BCUT2D eigenvalue weighted by Crippen LogP contribution is 2.18. The zero-order valence-corrected chi connectivity index (χ0v) is 12.7. The number of nitrogens with one attached hydrogen (secondary N) is 2. The monoisotopic (exact) mass is 292 g/mol. The normalized spacial score (nSPS) is 19.8. The maximum Gasteiger partial charge on any atom is 0.239 e. The SMILES string of the molecule is CCC(CNC(=O)C1COCCN1)Oc1ccccc1C. The van der Waals surface area contributed by atoms with Gasteiger partial charge >= 0.3 is 0 Å². The summed E-state index contributed by atoms with van der Waals surface area (Å²) >= 11 is 0. The van der Waals surface area contributed by atoms with Crippen LogP contribution in [0.3, 0.4) is 0 Å². The Morgan fingerprint density at radius 2 is 2.33 bits per heavy atom. The number of hydrogen-bond donors (Lipinski definition) is 2. The van der Waals surface area contributed by atoms with Gasteiger partial charge in [-0.3, -0.25) is 4.79 Å². The largest absolute Gasteiger partial charge is 0.488 e. The first kappa shape index (κ1) is 15.8. The summed E-state index contributed by atoms with van der Waals surface area (Å²) in [6.45, 7) is 6.39. The highest BCUT2D eigenvalue weighted by Gasteiger charge is 2.21. The molecule has 1 heterocycles. The summed E-state index contributed by atoms with van der Waals surface area (Å²) in [5.41, 5.74) is 1.10. The second-order valence-corrected chi connectivity index (χ2v) is 5.24. The number of benzene rings is 1. The lowest BCUT2D eigenvalue weighted by Gasteiger charge is -2.24. The van der Waals surface area contributed by atoms with E-state index in [9.17, 15) is 4.79 Å². The topological polar surface area (TPSA) is 59.6 Å². The van der Waals surface area contributed by atoms with E-state index in [1.54, 1.807) is 0 Å². The van der Waals surface area contributed by atoms with Gasteiger partial charge in [-0.25, -0.2) is 0 Å². The molecule has 0 saturated carbocycles. The van der Waals surface area contributed by atoms with Crippen LogP contribution in [0.2, 0.25) is 0 Å². The van der Waals surface area contributed by atoms with Gasteiger partial charge in [-0.2, -0.15) is 0 Å². The Balaban J connectivity index is 1.82. The van der Waals surface area contributed by atoms with Crippen LogP contribution >= 0.6 is 0 Å². The molecule has 116 valence electrons. The molecular weight excluding hydrogens is 268 g/mol. The third kappa shape index (κ3) is 4.72. The van der Waals surface area contributed by atoms with Gasteiger partial charge in [0.25, 0.3) is 0 Å². The van der Waals surface area contributed by atoms with Crippen molar-refractivity contribution in [2.75, 3.05) is 26.3 Å². The van der Waals surface area contributed by atoms with E-state index in [2.05, 4.69) is 17.6 Å². The van der Waals surface area contributed by atoms with Crippen molar-refractivity contribution < 1.29 is 14.3 Å². The van der Waals surface area contributed by atoms with Crippen molar-refractivity contribution in [2.45, 2.75) is 32.4 Å². The zero-order chi connectivity index (χ0) is 15.1. The number of hydrogen-bond acceptors (Lipinski definition) is 4. The molecule has 2 atom stereocenters. The molecule has 5 heteroatoms. The van der Waals surface area contributed by atoms with Crippen LogP contribution in [-0.2, 0) is 9.53 Å². The molecule has 1 aliphatic rings. The Bertz CT molecular complexity index is 459. The van der Waals surface area contributed by atoms with Crippen molar-refractivity contribution in [3.63, 3.8) is 0 Å². The number of carbonyl (C=O) groups is 1. The van der Waals surface area contributed by atoms with Crippen LogP contribution in [0, 0.1) is 6.92 Å². The molecule has 1 saturated heterocycles. The number of rotatable bonds is 6. The van der Waals surface area contributed by atoms with Crippen LogP contribution in [0.5, 0.6) is 5.75 Å². The summed E-state index contributed by atoms with van der Waals surface area (Å²) in [4.78, 5) is 12.0. The Morgan fingerprint density at radius 3 is 3.00 bits per heavy atom.